The van der Waals surface area contributed by atoms with E-state index in [1.165, 1.54) is 34.6 Å². The number of fused-ring (bicyclic) bond motifs is 1. The molecule has 1 fully saturated rings. The van der Waals surface area contributed by atoms with Crippen LogP contribution in [0.25, 0.3) is 0 Å². The van der Waals surface area contributed by atoms with Gasteiger partial charge in [-0.25, -0.2) is 0 Å². The van der Waals surface area contributed by atoms with Crippen molar-refractivity contribution in [2.45, 2.75) is 18.9 Å². The van der Waals surface area contributed by atoms with Crippen molar-refractivity contribution < 1.29 is 9.53 Å². The number of ether oxygens (including phenoxy) is 1. The van der Waals surface area contributed by atoms with Crippen LogP contribution < -0.4 is 10.2 Å². The second-order valence-corrected chi connectivity index (χ2v) is 8.21. The molecule has 4 rings (SSSR count). The molecular weight excluding hydrogens is 358 g/mol. The maximum Gasteiger partial charge on any atom is 0.261 e. The molecule has 1 unspecified atom stereocenters. The lowest BCUT2D eigenvalue weighted by Gasteiger charge is -2.36. The van der Waals surface area contributed by atoms with Crippen LogP contribution in [0.1, 0.15) is 33.3 Å². The molecule has 0 bridgehead atoms. The Morgan fingerprint density at radius 1 is 1.26 bits per heavy atom. The van der Waals surface area contributed by atoms with Gasteiger partial charge in [0.2, 0.25) is 0 Å². The van der Waals surface area contributed by atoms with Crippen LogP contribution in [0.2, 0.25) is 0 Å². The van der Waals surface area contributed by atoms with Crippen molar-refractivity contribution in [3.8, 4) is 0 Å². The van der Waals surface area contributed by atoms with Crippen LogP contribution in [-0.2, 0) is 11.2 Å². The highest BCUT2D eigenvalue weighted by Crippen LogP contribution is 2.31. The summed E-state index contributed by atoms with van der Waals surface area (Å²) in [6.07, 6.45) is 2.33. The van der Waals surface area contributed by atoms with Gasteiger partial charge in [0.05, 0.1) is 24.1 Å². The Balaban J connectivity index is 1.55. The minimum absolute atomic E-state index is 0.0148. The molecule has 0 aliphatic carbocycles. The monoisotopic (exact) mass is 385 g/mol. The van der Waals surface area contributed by atoms with Crippen molar-refractivity contribution in [2.75, 3.05) is 51.3 Å². The van der Waals surface area contributed by atoms with Gasteiger partial charge >= 0.3 is 0 Å². The van der Waals surface area contributed by atoms with Crippen molar-refractivity contribution in [2.24, 2.45) is 0 Å². The molecule has 0 saturated carbocycles. The number of hydrogen-bond acceptors (Lipinski definition) is 5. The van der Waals surface area contributed by atoms with Gasteiger partial charge < -0.3 is 15.0 Å². The number of benzene rings is 1. The Hall–Kier alpha value is -1.89. The SMILES string of the molecule is CN1CCCc2cc(C(CNC(=O)c3cccs3)N3CCOCC3)ccc21. The van der Waals surface area contributed by atoms with Crippen molar-refractivity contribution in [3.63, 3.8) is 0 Å². The van der Waals surface area contributed by atoms with Crippen LogP contribution in [0.4, 0.5) is 5.69 Å². The van der Waals surface area contributed by atoms with Crippen LogP contribution >= 0.6 is 11.3 Å². The highest BCUT2D eigenvalue weighted by molar-refractivity contribution is 7.12. The third-order valence-electron chi connectivity index (χ3n) is 5.53. The lowest BCUT2D eigenvalue weighted by molar-refractivity contribution is 0.0162. The maximum atomic E-state index is 12.4. The van der Waals surface area contributed by atoms with E-state index in [1.54, 1.807) is 0 Å². The average Bonchev–Trinajstić information content (AvgIpc) is 3.24. The highest BCUT2D eigenvalue weighted by atomic mass is 32.1. The van der Waals surface area contributed by atoms with Crippen LogP contribution in [-0.4, -0.2) is 57.2 Å². The normalized spacial score (nSPS) is 18.8. The number of aryl methyl sites for hydroxylation is 1. The number of hydrogen-bond donors (Lipinski definition) is 1. The fourth-order valence-corrected chi connectivity index (χ4v) is 4.68. The van der Waals surface area contributed by atoms with Crippen LogP contribution in [0, 0.1) is 0 Å². The Bertz CT molecular complexity index is 772. The molecule has 2 aliphatic heterocycles. The second kappa shape index (κ2) is 8.42. The minimum Gasteiger partial charge on any atom is -0.379 e. The molecule has 1 aromatic carbocycles. The minimum atomic E-state index is 0.0148. The first-order valence-corrected chi connectivity index (χ1v) is 10.6. The predicted molar refractivity (Wildman–Crippen MR) is 110 cm³/mol. The van der Waals surface area contributed by atoms with Crippen molar-refractivity contribution in [1.82, 2.24) is 10.2 Å². The third kappa shape index (κ3) is 4.18. The lowest BCUT2D eigenvalue weighted by Crippen LogP contribution is -2.43. The first-order chi connectivity index (χ1) is 13.2. The number of thiophene rings is 1. The molecule has 2 aliphatic rings. The fourth-order valence-electron chi connectivity index (χ4n) is 4.04. The summed E-state index contributed by atoms with van der Waals surface area (Å²) in [4.78, 5) is 18.0. The zero-order valence-corrected chi connectivity index (χ0v) is 16.6. The second-order valence-electron chi connectivity index (χ2n) is 7.26. The Morgan fingerprint density at radius 3 is 2.89 bits per heavy atom. The van der Waals surface area contributed by atoms with Gasteiger partial charge in [0, 0.05) is 38.9 Å². The van der Waals surface area contributed by atoms with E-state index in [4.69, 9.17) is 4.74 Å². The maximum absolute atomic E-state index is 12.4. The molecule has 144 valence electrons. The summed E-state index contributed by atoms with van der Waals surface area (Å²) < 4.78 is 5.54. The Morgan fingerprint density at radius 2 is 2.11 bits per heavy atom. The van der Waals surface area contributed by atoms with E-state index < -0.39 is 0 Å². The molecule has 1 aromatic heterocycles. The van der Waals surface area contributed by atoms with Gasteiger partial charge in [-0.05, 0) is 41.5 Å². The fraction of sp³-hybridized carbons (Fsp3) is 0.476. The third-order valence-corrected chi connectivity index (χ3v) is 6.40. The molecule has 6 heteroatoms. The highest BCUT2D eigenvalue weighted by Gasteiger charge is 2.25. The summed E-state index contributed by atoms with van der Waals surface area (Å²) in [5.74, 6) is 0.0148. The summed E-state index contributed by atoms with van der Waals surface area (Å²) in [6, 6.07) is 10.8. The smallest absolute Gasteiger partial charge is 0.261 e. The summed E-state index contributed by atoms with van der Waals surface area (Å²) in [6.45, 7) is 5.04. The van der Waals surface area contributed by atoms with Gasteiger partial charge in [-0.2, -0.15) is 0 Å². The molecule has 2 aromatic rings. The van der Waals surface area contributed by atoms with Crippen LogP contribution in [0.15, 0.2) is 35.7 Å². The van der Waals surface area contributed by atoms with E-state index in [-0.39, 0.29) is 11.9 Å². The summed E-state index contributed by atoms with van der Waals surface area (Å²) in [5, 5.41) is 5.09. The van der Waals surface area contributed by atoms with Crippen LogP contribution in [0.5, 0.6) is 0 Å². The largest absolute Gasteiger partial charge is 0.379 e. The van der Waals surface area contributed by atoms with E-state index in [9.17, 15) is 4.79 Å². The van der Waals surface area contributed by atoms with E-state index >= 15 is 0 Å². The van der Waals surface area contributed by atoms with Gasteiger partial charge in [0.25, 0.3) is 5.91 Å². The number of nitrogens with zero attached hydrogens (tertiary/aromatic N) is 2. The van der Waals surface area contributed by atoms with Crippen molar-refractivity contribution in [1.29, 1.82) is 0 Å². The summed E-state index contributed by atoms with van der Waals surface area (Å²) >= 11 is 1.48. The number of morpholine rings is 1. The van der Waals surface area contributed by atoms with Gasteiger partial charge in [-0.1, -0.05) is 18.2 Å². The molecular formula is C21H27N3O2S. The number of anilines is 1. The average molecular weight is 386 g/mol. The number of carbonyl (C=O) groups excluding carboxylic acids is 1. The number of rotatable bonds is 5. The zero-order valence-electron chi connectivity index (χ0n) is 15.8. The standard InChI is InChI=1S/C21H27N3O2S/c1-23-8-2-4-16-14-17(6-7-18(16)23)19(24-9-11-26-12-10-24)15-22-21(25)20-5-3-13-27-20/h3,5-7,13-14,19H,2,4,8-12,15H2,1H3,(H,22,25). The molecule has 0 spiro atoms. The van der Waals surface area contributed by atoms with Gasteiger partial charge in [-0.15, -0.1) is 11.3 Å². The Labute approximate surface area is 164 Å². The van der Waals surface area contributed by atoms with E-state index in [2.05, 4.69) is 40.4 Å². The number of nitrogens with one attached hydrogen (secondary N) is 1. The molecule has 0 radical (unpaired) electrons. The van der Waals surface area contributed by atoms with E-state index in [0.717, 1.165) is 44.1 Å². The van der Waals surface area contributed by atoms with Gasteiger partial charge in [0.1, 0.15) is 0 Å². The van der Waals surface area contributed by atoms with Crippen molar-refractivity contribution in [3.05, 3.63) is 51.7 Å². The predicted octanol–water partition coefficient (Wildman–Crippen LogP) is 2.93. The zero-order chi connectivity index (χ0) is 18.6. The molecule has 5 nitrogen and oxygen atoms in total. The van der Waals surface area contributed by atoms with Crippen LogP contribution in [0.3, 0.4) is 0 Å². The van der Waals surface area contributed by atoms with E-state index in [0.29, 0.717) is 6.54 Å². The first-order valence-electron chi connectivity index (χ1n) is 9.70. The van der Waals surface area contributed by atoms with Gasteiger partial charge in [-0.3, -0.25) is 9.69 Å². The molecule has 27 heavy (non-hydrogen) atoms. The van der Waals surface area contributed by atoms with Gasteiger partial charge in [0.15, 0.2) is 0 Å². The van der Waals surface area contributed by atoms with Crippen molar-refractivity contribution >= 4 is 22.9 Å². The molecule has 1 amide bonds. The molecule has 1 N–H and O–H groups in total. The molecule has 3 heterocycles. The number of carbonyl (C=O) groups is 1. The topological polar surface area (TPSA) is 44.8 Å². The van der Waals surface area contributed by atoms with E-state index in [1.807, 2.05) is 17.5 Å². The summed E-state index contributed by atoms with van der Waals surface area (Å²) in [5.41, 5.74) is 4.05. The Kier molecular flexibility index (Phi) is 5.76. The summed E-state index contributed by atoms with van der Waals surface area (Å²) in [7, 11) is 2.17. The molecule has 1 saturated heterocycles. The quantitative estimate of drug-likeness (QED) is 0.860. The lowest BCUT2D eigenvalue weighted by atomic mass is 9.95. The number of amides is 1. The molecule has 1 atom stereocenters. The first kappa shape index (κ1) is 18.5.